The molecule has 0 unspecified atom stereocenters. The normalized spacial score (nSPS) is 14.7. The summed E-state index contributed by atoms with van der Waals surface area (Å²) in [6.45, 7) is 0. The van der Waals surface area contributed by atoms with Crippen LogP contribution in [0.25, 0.3) is 5.13 Å². The van der Waals surface area contributed by atoms with E-state index in [1.165, 1.54) is 12.5 Å². The fourth-order valence-corrected chi connectivity index (χ4v) is 3.29. The van der Waals surface area contributed by atoms with Gasteiger partial charge in [0.1, 0.15) is 0 Å². The lowest BCUT2D eigenvalue weighted by atomic mass is 9.96. The van der Waals surface area contributed by atoms with E-state index in [0.29, 0.717) is 25.0 Å². The monoisotopic (exact) mass is 331 g/mol. The van der Waals surface area contributed by atoms with Crippen LogP contribution in [0, 0.1) is 0 Å². The Balaban J connectivity index is 2.12. The molecule has 0 saturated heterocycles. The molecule has 0 aliphatic heterocycles. The van der Waals surface area contributed by atoms with Gasteiger partial charge >= 0.3 is 12.1 Å². The summed E-state index contributed by atoms with van der Waals surface area (Å²) in [5, 5.41) is 5.46. The third-order valence-electron chi connectivity index (χ3n) is 3.49. The van der Waals surface area contributed by atoms with E-state index < -0.39 is 17.8 Å². The molecule has 9 heteroatoms. The van der Waals surface area contributed by atoms with E-state index in [1.807, 2.05) is 0 Å². The molecule has 0 radical (unpaired) electrons. The van der Waals surface area contributed by atoms with Crippen LogP contribution in [0.1, 0.15) is 40.3 Å². The predicted octanol–water partition coefficient (Wildman–Crippen LogP) is 3.01. The van der Waals surface area contributed by atoms with Crippen LogP contribution in [-0.4, -0.2) is 27.8 Å². The molecule has 0 N–H and O–H groups in total. The topological polar surface area (TPSA) is 57.0 Å². The molecule has 2 aromatic heterocycles. The van der Waals surface area contributed by atoms with Gasteiger partial charge in [-0.2, -0.15) is 18.3 Å². The number of aromatic nitrogens is 3. The van der Waals surface area contributed by atoms with Crippen LogP contribution in [0.5, 0.6) is 0 Å². The molecule has 0 atom stereocenters. The highest BCUT2D eigenvalue weighted by Crippen LogP contribution is 2.38. The molecule has 1 aliphatic carbocycles. The summed E-state index contributed by atoms with van der Waals surface area (Å²) >= 11 is 0.929. The Morgan fingerprint density at radius 1 is 1.36 bits per heavy atom. The predicted molar refractivity (Wildman–Crippen MR) is 72.2 cm³/mol. The minimum atomic E-state index is -4.52. The number of alkyl halides is 3. The first-order chi connectivity index (χ1) is 10.4. The maximum absolute atomic E-state index is 13.4. The number of methoxy groups -OCH3 is 1. The molecule has 2 aromatic rings. The number of hydrogen-bond acceptors (Lipinski definition) is 5. The number of thiazole rings is 1. The van der Waals surface area contributed by atoms with Crippen molar-refractivity contribution in [2.45, 2.75) is 31.9 Å². The van der Waals surface area contributed by atoms with Crippen molar-refractivity contribution in [3.05, 3.63) is 28.0 Å². The molecule has 0 bridgehead atoms. The Morgan fingerprint density at radius 3 is 2.77 bits per heavy atom. The van der Waals surface area contributed by atoms with Crippen LogP contribution in [0.2, 0.25) is 0 Å². The third-order valence-corrected chi connectivity index (χ3v) is 4.31. The van der Waals surface area contributed by atoms with Crippen LogP contribution >= 0.6 is 11.3 Å². The van der Waals surface area contributed by atoms with Gasteiger partial charge in [0.15, 0.2) is 11.4 Å². The maximum Gasteiger partial charge on any atom is 0.433 e. The Kier molecular flexibility index (Phi) is 3.67. The largest absolute Gasteiger partial charge is 0.464 e. The molecule has 0 saturated carbocycles. The number of ether oxygens (including phenoxy) is 1. The Bertz CT molecular complexity index is 721. The van der Waals surface area contributed by atoms with E-state index in [0.717, 1.165) is 22.4 Å². The number of carbonyl (C=O) groups excluding carboxylic acids is 1. The second kappa shape index (κ2) is 5.38. The van der Waals surface area contributed by atoms with Crippen molar-refractivity contribution in [1.29, 1.82) is 0 Å². The second-order valence-electron chi connectivity index (χ2n) is 4.90. The van der Waals surface area contributed by atoms with Gasteiger partial charge in [-0.1, -0.05) is 0 Å². The lowest BCUT2D eigenvalue weighted by molar-refractivity contribution is -0.143. The van der Waals surface area contributed by atoms with Crippen LogP contribution in [0.15, 0.2) is 5.38 Å². The van der Waals surface area contributed by atoms with Crippen LogP contribution in [0.3, 0.4) is 0 Å². The van der Waals surface area contributed by atoms with Crippen molar-refractivity contribution < 1.29 is 22.7 Å². The Labute approximate surface area is 127 Å². The van der Waals surface area contributed by atoms with Gasteiger partial charge in [-0.25, -0.2) is 14.5 Å². The fourth-order valence-electron chi connectivity index (χ4n) is 2.54. The minimum absolute atomic E-state index is 0.0159. The van der Waals surface area contributed by atoms with Crippen LogP contribution < -0.4 is 0 Å². The first-order valence-corrected chi connectivity index (χ1v) is 7.52. The lowest BCUT2D eigenvalue weighted by Gasteiger charge is -2.13. The fraction of sp³-hybridized carbons (Fsp3) is 0.462. The highest BCUT2D eigenvalue weighted by molar-refractivity contribution is 7.12. The first kappa shape index (κ1) is 15.0. The van der Waals surface area contributed by atoms with Crippen LogP contribution in [0.4, 0.5) is 13.2 Å². The van der Waals surface area contributed by atoms with Crippen molar-refractivity contribution in [2.75, 3.05) is 7.11 Å². The number of nitrogens with zero attached hydrogens (tertiary/aromatic N) is 3. The summed E-state index contributed by atoms with van der Waals surface area (Å²) in [6, 6.07) is 0. The molecule has 0 spiro atoms. The summed E-state index contributed by atoms with van der Waals surface area (Å²) in [7, 11) is 1.19. The molecule has 118 valence electrons. The van der Waals surface area contributed by atoms with Crippen LogP contribution in [-0.2, 0) is 23.8 Å². The zero-order valence-corrected chi connectivity index (χ0v) is 12.4. The van der Waals surface area contributed by atoms with Crippen molar-refractivity contribution in [3.63, 3.8) is 0 Å². The van der Waals surface area contributed by atoms with Crippen molar-refractivity contribution in [2.24, 2.45) is 0 Å². The molecule has 0 aromatic carbocycles. The van der Waals surface area contributed by atoms with Gasteiger partial charge < -0.3 is 4.74 Å². The molecular formula is C13H12F3N3O2S. The average molecular weight is 331 g/mol. The SMILES string of the molecule is COC(=O)c1csc(-n2nc3c(c2C(F)(F)F)CCCC3)n1. The van der Waals surface area contributed by atoms with Crippen molar-refractivity contribution in [3.8, 4) is 5.13 Å². The van der Waals surface area contributed by atoms with E-state index in [9.17, 15) is 18.0 Å². The standard InChI is InChI=1S/C13H12F3N3O2S/c1-21-11(20)9-6-22-12(17-9)19-10(13(14,15)16)7-4-2-3-5-8(7)18-19/h6H,2-5H2,1H3. The quantitative estimate of drug-likeness (QED) is 0.794. The van der Waals surface area contributed by atoms with Gasteiger partial charge in [-0.15, -0.1) is 11.3 Å². The van der Waals surface area contributed by atoms with Gasteiger partial charge in [0.2, 0.25) is 5.13 Å². The number of halogens is 3. The second-order valence-corrected chi connectivity index (χ2v) is 5.73. The molecule has 0 fully saturated rings. The number of hydrogen-bond donors (Lipinski definition) is 0. The van der Waals surface area contributed by atoms with E-state index in [2.05, 4.69) is 14.8 Å². The highest BCUT2D eigenvalue weighted by Gasteiger charge is 2.41. The van der Waals surface area contributed by atoms with Gasteiger partial charge in [0, 0.05) is 10.9 Å². The van der Waals surface area contributed by atoms with Gasteiger partial charge in [-0.3, -0.25) is 0 Å². The number of esters is 1. The summed E-state index contributed by atoms with van der Waals surface area (Å²) < 4.78 is 45.6. The molecular weight excluding hydrogens is 319 g/mol. The van der Waals surface area contributed by atoms with Gasteiger partial charge in [0.25, 0.3) is 0 Å². The summed E-state index contributed by atoms with van der Waals surface area (Å²) in [5.74, 6) is -0.687. The number of aryl methyl sites for hydroxylation is 1. The zero-order valence-electron chi connectivity index (χ0n) is 11.6. The summed E-state index contributed by atoms with van der Waals surface area (Å²) in [4.78, 5) is 15.3. The van der Waals surface area contributed by atoms with Gasteiger partial charge in [0.05, 0.1) is 12.8 Å². The average Bonchev–Trinajstić information content (AvgIpc) is 3.09. The van der Waals surface area contributed by atoms with Crippen molar-refractivity contribution >= 4 is 17.3 Å². The summed E-state index contributed by atoms with van der Waals surface area (Å²) in [6.07, 6.45) is -2.09. The number of fused-ring (bicyclic) bond motifs is 1. The molecule has 0 amide bonds. The third kappa shape index (κ3) is 2.49. The number of rotatable bonds is 2. The zero-order chi connectivity index (χ0) is 15.9. The van der Waals surface area contributed by atoms with E-state index in [4.69, 9.17) is 0 Å². The highest BCUT2D eigenvalue weighted by atomic mass is 32.1. The summed E-state index contributed by atoms with van der Waals surface area (Å²) in [5.41, 5.74) is -0.0981. The van der Waals surface area contributed by atoms with E-state index in [-0.39, 0.29) is 16.4 Å². The first-order valence-electron chi connectivity index (χ1n) is 6.64. The smallest absolute Gasteiger partial charge is 0.433 e. The maximum atomic E-state index is 13.4. The van der Waals surface area contributed by atoms with E-state index >= 15 is 0 Å². The van der Waals surface area contributed by atoms with E-state index in [1.54, 1.807) is 0 Å². The van der Waals surface area contributed by atoms with Gasteiger partial charge in [-0.05, 0) is 25.7 Å². The molecule has 1 aliphatic rings. The Morgan fingerprint density at radius 2 is 2.09 bits per heavy atom. The van der Waals surface area contributed by atoms with Crippen molar-refractivity contribution in [1.82, 2.24) is 14.8 Å². The molecule has 22 heavy (non-hydrogen) atoms. The molecule has 2 heterocycles. The molecule has 5 nitrogen and oxygen atoms in total. The number of carbonyl (C=O) groups is 1. The lowest BCUT2D eigenvalue weighted by Crippen LogP contribution is -2.16. The molecule has 3 rings (SSSR count). The Hall–Kier alpha value is -1.90. The minimum Gasteiger partial charge on any atom is -0.464 e.